The Morgan fingerprint density at radius 1 is 1.47 bits per heavy atom. The van der Waals surface area contributed by atoms with Crippen molar-refractivity contribution in [2.45, 2.75) is 38.5 Å². The van der Waals surface area contributed by atoms with Gasteiger partial charge in [0.1, 0.15) is 0 Å². The summed E-state index contributed by atoms with van der Waals surface area (Å²) in [5, 5.41) is 9.34. The van der Waals surface area contributed by atoms with Crippen molar-refractivity contribution in [3.05, 3.63) is 34.9 Å². The maximum absolute atomic E-state index is 11.4. The highest BCUT2D eigenvalue weighted by Crippen LogP contribution is 2.37. The first-order valence-corrected chi connectivity index (χ1v) is 5.37. The van der Waals surface area contributed by atoms with Crippen LogP contribution in [-0.2, 0) is 16.6 Å². The van der Waals surface area contributed by atoms with E-state index >= 15 is 0 Å². The molecule has 0 saturated heterocycles. The molecule has 0 heterocycles. The summed E-state index contributed by atoms with van der Waals surface area (Å²) in [6.45, 7) is 3.85. The Morgan fingerprint density at radius 2 is 2.20 bits per heavy atom. The van der Waals surface area contributed by atoms with E-state index in [1.807, 2.05) is 19.9 Å². The lowest BCUT2D eigenvalue weighted by molar-refractivity contribution is -0.143. The summed E-state index contributed by atoms with van der Waals surface area (Å²) in [5.74, 6) is -0.700. The third-order valence-corrected chi connectivity index (χ3v) is 3.45. The maximum Gasteiger partial charge on any atom is 0.313 e. The van der Waals surface area contributed by atoms with Gasteiger partial charge in [-0.05, 0) is 44.2 Å². The fourth-order valence-corrected chi connectivity index (χ4v) is 2.41. The van der Waals surface area contributed by atoms with Crippen molar-refractivity contribution in [1.82, 2.24) is 0 Å². The molecular formula is C13H16O2. The minimum absolute atomic E-state index is 0.681. The zero-order valence-electron chi connectivity index (χ0n) is 9.21. The number of fused-ring (bicyclic) bond motifs is 1. The molecule has 15 heavy (non-hydrogen) atoms. The van der Waals surface area contributed by atoms with Gasteiger partial charge in [0.05, 0.1) is 5.41 Å². The quantitative estimate of drug-likeness (QED) is 0.763. The Hall–Kier alpha value is -1.31. The van der Waals surface area contributed by atoms with Crippen LogP contribution in [0.15, 0.2) is 18.2 Å². The van der Waals surface area contributed by atoms with Crippen molar-refractivity contribution in [1.29, 1.82) is 0 Å². The molecule has 2 heteroatoms. The van der Waals surface area contributed by atoms with E-state index in [1.54, 1.807) is 0 Å². The average Bonchev–Trinajstić information content (AvgIpc) is 2.19. The highest BCUT2D eigenvalue weighted by atomic mass is 16.4. The molecule has 0 radical (unpaired) electrons. The first-order valence-electron chi connectivity index (χ1n) is 5.37. The van der Waals surface area contributed by atoms with Crippen LogP contribution in [0.2, 0.25) is 0 Å². The molecule has 0 saturated carbocycles. The molecule has 0 bridgehead atoms. The van der Waals surface area contributed by atoms with Gasteiger partial charge in [-0.25, -0.2) is 0 Å². The largest absolute Gasteiger partial charge is 0.481 e. The van der Waals surface area contributed by atoms with E-state index in [1.165, 1.54) is 5.56 Å². The standard InChI is InChI=1S/C13H16O2/c1-9-5-6-10-4-3-7-13(2,12(14)15)11(10)8-9/h5-6,8H,3-4,7H2,1-2H3,(H,14,15). The second-order valence-corrected chi connectivity index (χ2v) is 4.65. The molecule has 0 aromatic heterocycles. The Kier molecular flexibility index (Phi) is 2.29. The highest BCUT2D eigenvalue weighted by molar-refractivity contribution is 5.81. The molecule has 1 N–H and O–H groups in total. The lowest BCUT2D eigenvalue weighted by Gasteiger charge is -2.32. The van der Waals surface area contributed by atoms with Crippen LogP contribution >= 0.6 is 0 Å². The molecule has 1 aliphatic rings. The van der Waals surface area contributed by atoms with E-state index in [-0.39, 0.29) is 0 Å². The van der Waals surface area contributed by atoms with Gasteiger partial charge in [-0.1, -0.05) is 23.8 Å². The van der Waals surface area contributed by atoms with E-state index < -0.39 is 11.4 Å². The summed E-state index contributed by atoms with van der Waals surface area (Å²) < 4.78 is 0. The van der Waals surface area contributed by atoms with Crippen molar-refractivity contribution in [2.24, 2.45) is 0 Å². The second-order valence-electron chi connectivity index (χ2n) is 4.65. The molecule has 2 rings (SSSR count). The average molecular weight is 204 g/mol. The van der Waals surface area contributed by atoms with Crippen LogP contribution in [-0.4, -0.2) is 11.1 Å². The van der Waals surface area contributed by atoms with Crippen LogP contribution in [0, 0.1) is 6.92 Å². The van der Waals surface area contributed by atoms with Gasteiger partial charge in [-0.15, -0.1) is 0 Å². The number of benzene rings is 1. The maximum atomic E-state index is 11.4. The molecule has 1 aliphatic carbocycles. The van der Waals surface area contributed by atoms with Crippen molar-refractivity contribution in [3.63, 3.8) is 0 Å². The number of hydrogen-bond donors (Lipinski definition) is 1. The number of hydrogen-bond acceptors (Lipinski definition) is 1. The molecule has 1 atom stereocenters. The fourth-order valence-electron chi connectivity index (χ4n) is 2.41. The van der Waals surface area contributed by atoms with E-state index in [4.69, 9.17) is 0 Å². The lowest BCUT2D eigenvalue weighted by Crippen LogP contribution is -2.36. The monoisotopic (exact) mass is 204 g/mol. The molecule has 1 aromatic carbocycles. The molecule has 2 nitrogen and oxygen atoms in total. The van der Waals surface area contributed by atoms with E-state index in [0.29, 0.717) is 0 Å². The summed E-state index contributed by atoms with van der Waals surface area (Å²) in [7, 11) is 0. The zero-order chi connectivity index (χ0) is 11.1. The summed E-state index contributed by atoms with van der Waals surface area (Å²) >= 11 is 0. The van der Waals surface area contributed by atoms with Crippen LogP contribution in [0.3, 0.4) is 0 Å². The molecule has 0 amide bonds. The molecule has 80 valence electrons. The number of carbonyl (C=O) groups is 1. The molecular weight excluding hydrogens is 188 g/mol. The molecule has 0 aliphatic heterocycles. The van der Waals surface area contributed by atoms with Gasteiger partial charge in [0.15, 0.2) is 0 Å². The number of carboxylic acid groups (broad SMARTS) is 1. The Labute approximate surface area is 89.9 Å². The van der Waals surface area contributed by atoms with Crippen LogP contribution < -0.4 is 0 Å². The van der Waals surface area contributed by atoms with Crippen LogP contribution in [0.4, 0.5) is 0 Å². The summed E-state index contributed by atoms with van der Waals surface area (Å²) in [4.78, 5) is 11.4. The zero-order valence-corrected chi connectivity index (χ0v) is 9.21. The fraction of sp³-hybridized carbons (Fsp3) is 0.462. The van der Waals surface area contributed by atoms with Gasteiger partial charge in [0.25, 0.3) is 0 Å². The van der Waals surface area contributed by atoms with Gasteiger partial charge in [-0.3, -0.25) is 4.79 Å². The van der Waals surface area contributed by atoms with Crippen LogP contribution in [0.25, 0.3) is 0 Å². The Morgan fingerprint density at radius 3 is 2.87 bits per heavy atom. The molecule has 0 spiro atoms. The SMILES string of the molecule is Cc1ccc2c(c1)C(C)(C(=O)O)CCC2. The summed E-state index contributed by atoms with van der Waals surface area (Å²) in [6.07, 6.45) is 2.73. The van der Waals surface area contributed by atoms with Crippen molar-refractivity contribution in [3.8, 4) is 0 Å². The van der Waals surface area contributed by atoms with Gasteiger partial charge >= 0.3 is 5.97 Å². The third kappa shape index (κ3) is 1.54. The molecule has 1 unspecified atom stereocenters. The second kappa shape index (κ2) is 3.37. The summed E-state index contributed by atoms with van der Waals surface area (Å²) in [6, 6.07) is 6.17. The number of aliphatic carboxylic acids is 1. The Balaban J connectivity index is 2.59. The highest BCUT2D eigenvalue weighted by Gasteiger charge is 2.38. The first-order chi connectivity index (χ1) is 7.04. The van der Waals surface area contributed by atoms with Gasteiger partial charge in [0, 0.05) is 0 Å². The van der Waals surface area contributed by atoms with E-state index in [0.717, 1.165) is 30.4 Å². The van der Waals surface area contributed by atoms with E-state index in [2.05, 4.69) is 12.1 Å². The van der Waals surface area contributed by atoms with Gasteiger partial charge in [-0.2, -0.15) is 0 Å². The minimum atomic E-state index is -0.700. The Bertz CT molecular complexity index is 409. The van der Waals surface area contributed by atoms with Crippen LogP contribution in [0.5, 0.6) is 0 Å². The first kappa shape index (κ1) is 10.2. The lowest BCUT2D eigenvalue weighted by atomic mass is 9.71. The molecule has 1 aromatic rings. The van der Waals surface area contributed by atoms with Crippen molar-refractivity contribution < 1.29 is 9.90 Å². The van der Waals surface area contributed by atoms with Gasteiger partial charge in [0.2, 0.25) is 0 Å². The predicted octanol–water partition coefficient (Wildman–Crippen LogP) is 2.67. The number of carboxylic acids is 1. The van der Waals surface area contributed by atoms with E-state index in [9.17, 15) is 9.90 Å². The van der Waals surface area contributed by atoms with Crippen LogP contribution in [0.1, 0.15) is 36.5 Å². The minimum Gasteiger partial charge on any atom is -0.481 e. The summed E-state index contributed by atoms with van der Waals surface area (Å²) in [5.41, 5.74) is 2.68. The smallest absolute Gasteiger partial charge is 0.313 e. The topological polar surface area (TPSA) is 37.3 Å². The van der Waals surface area contributed by atoms with Crippen molar-refractivity contribution in [2.75, 3.05) is 0 Å². The number of aryl methyl sites for hydroxylation is 2. The van der Waals surface area contributed by atoms with Gasteiger partial charge < -0.3 is 5.11 Å². The third-order valence-electron chi connectivity index (χ3n) is 3.45. The van der Waals surface area contributed by atoms with Crippen molar-refractivity contribution >= 4 is 5.97 Å². The molecule has 0 fully saturated rings. The normalized spacial score (nSPS) is 24.7. The number of rotatable bonds is 1. The predicted molar refractivity (Wildman–Crippen MR) is 59.1 cm³/mol.